The van der Waals surface area contributed by atoms with Crippen molar-refractivity contribution in [1.82, 2.24) is 10.2 Å². The number of hydrogen-bond acceptors (Lipinski definition) is 5. The Hall–Kier alpha value is -1.67. The zero-order valence-corrected chi connectivity index (χ0v) is 21.2. The van der Waals surface area contributed by atoms with Gasteiger partial charge in [-0.25, -0.2) is 12.8 Å². The van der Waals surface area contributed by atoms with Crippen molar-refractivity contribution < 1.29 is 17.5 Å². The van der Waals surface area contributed by atoms with Crippen molar-refractivity contribution in [2.75, 3.05) is 19.6 Å². The lowest BCUT2D eigenvalue weighted by Gasteiger charge is -2.41. The smallest absolute Gasteiger partial charge is 0.301 e. The number of sulfonamides is 1. The van der Waals surface area contributed by atoms with E-state index in [1.54, 1.807) is 26.0 Å². The second-order valence-corrected chi connectivity index (χ2v) is 13.8. The van der Waals surface area contributed by atoms with Gasteiger partial charge >= 0.3 is 6.02 Å². The maximum atomic E-state index is 15.0. The van der Waals surface area contributed by atoms with Crippen LogP contribution in [0.4, 0.5) is 4.39 Å². The summed E-state index contributed by atoms with van der Waals surface area (Å²) < 4.78 is 52.0. The van der Waals surface area contributed by atoms with E-state index >= 15 is 4.39 Å². The van der Waals surface area contributed by atoms with Crippen LogP contribution in [-0.4, -0.2) is 55.4 Å². The molecule has 1 saturated heterocycles. The molecule has 6 nitrogen and oxygen atoms in total. The van der Waals surface area contributed by atoms with Gasteiger partial charge in [0.1, 0.15) is 16.7 Å². The molecular formula is C26H36FN3O3S. The molecule has 34 heavy (non-hydrogen) atoms. The molecule has 4 bridgehead atoms. The Balaban J connectivity index is 1.20. The minimum Gasteiger partial charge on any atom is -0.457 e. The lowest BCUT2D eigenvalue weighted by atomic mass is 9.80. The monoisotopic (exact) mass is 489 g/mol. The Bertz CT molecular complexity index is 1110. The van der Waals surface area contributed by atoms with E-state index in [0.717, 1.165) is 49.9 Å². The third-order valence-corrected chi connectivity index (χ3v) is 11.3. The number of nitrogens with zero attached hydrogens (tertiary/aromatic N) is 2. The number of hydrogen-bond donors (Lipinski definition) is 1. The van der Waals surface area contributed by atoms with Gasteiger partial charge in [0.05, 0.1) is 0 Å². The zero-order chi connectivity index (χ0) is 23.9. The molecule has 0 unspecified atom stereocenters. The highest BCUT2D eigenvalue weighted by Crippen LogP contribution is 2.60. The van der Waals surface area contributed by atoms with Crippen LogP contribution < -0.4 is 5.32 Å². The first-order valence-corrected chi connectivity index (χ1v) is 14.4. The summed E-state index contributed by atoms with van der Waals surface area (Å²) in [4.78, 5) is 2.32. The molecule has 5 atom stereocenters. The number of likely N-dealkylation sites (N-methyl/N-ethyl adjacent to an activating group) is 1. The van der Waals surface area contributed by atoms with E-state index in [1.807, 2.05) is 6.07 Å². The first-order chi connectivity index (χ1) is 16.1. The molecule has 1 aromatic carbocycles. The van der Waals surface area contributed by atoms with Crippen LogP contribution in [0.1, 0.15) is 69.9 Å². The summed E-state index contributed by atoms with van der Waals surface area (Å²) in [5, 5.41) is 2.53. The van der Waals surface area contributed by atoms with Crippen LogP contribution in [0, 0.1) is 23.6 Å². The van der Waals surface area contributed by atoms with Gasteiger partial charge in [0.2, 0.25) is 0 Å². The number of amidine groups is 1. The van der Waals surface area contributed by atoms with Crippen LogP contribution in [0.2, 0.25) is 0 Å². The van der Waals surface area contributed by atoms with Gasteiger partial charge in [-0.05, 0) is 93.9 Å². The molecule has 2 aliphatic heterocycles. The van der Waals surface area contributed by atoms with Gasteiger partial charge in [-0.2, -0.15) is 0 Å². The molecule has 4 aliphatic carbocycles. The Labute approximate surface area is 202 Å². The minimum absolute atomic E-state index is 0.0435. The largest absolute Gasteiger partial charge is 0.457 e. The molecule has 0 aromatic heterocycles. The van der Waals surface area contributed by atoms with Crippen LogP contribution in [-0.2, 0) is 21.2 Å². The van der Waals surface area contributed by atoms with Crippen molar-refractivity contribution in [3.8, 4) is 0 Å². The summed E-state index contributed by atoms with van der Waals surface area (Å²) >= 11 is 0. The SMILES string of the molecule is CCN1CC(c2ccc(C[C@@H]3C(C)(C)OC(N[C@@]45C[C@@H]6C[C@@H](C[C@@H]4C6)C5)=NS3(=O)=O)c(F)c2)C1. The average molecular weight is 490 g/mol. The fourth-order valence-electron chi connectivity index (χ4n) is 7.71. The van der Waals surface area contributed by atoms with Crippen LogP contribution in [0.5, 0.6) is 0 Å². The van der Waals surface area contributed by atoms with Crippen LogP contribution in [0.15, 0.2) is 22.6 Å². The molecule has 186 valence electrons. The predicted molar refractivity (Wildman–Crippen MR) is 130 cm³/mol. The second-order valence-electron chi connectivity index (χ2n) is 12.0. The number of rotatable bonds is 5. The molecule has 0 amide bonds. The second kappa shape index (κ2) is 7.66. The van der Waals surface area contributed by atoms with Gasteiger partial charge in [-0.1, -0.05) is 19.1 Å². The quantitative estimate of drug-likeness (QED) is 0.681. The van der Waals surface area contributed by atoms with E-state index in [2.05, 4.69) is 21.5 Å². The summed E-state index contributed by atoms with van der Waals surface area (Å²) in [7, 11) is -3.87. The Kier molecular flexibility index (Phi) is 5.13. The normalized spacial score (nSPS) is 37.8. The van der Waals surface area contributed by atoms with Gasteiger partial charge in [0.25, 0.3) is 10.0 Å². The molecule has 6 aliphatic rings. The molecule has 1 aromatic rings. The first kappa shape index (κ1) is 22.8. The van der Waals surface area contributed by atoms with E-state index < -0.39 is 20.9 Å². The minimum atomic E-state index is -3.87. The molecule has 2 heterocycles. The lowest BCUT2D eigenvalue weighted by molar-refractivity contribution is 0.0710. The van der Waals surface area contributed by atoms with E-state index in [1.165, 1.54) is 19.3 Å². The third-order valence-electron chi connectivity index (χ3n) is 9.41. The van der Waals surface area contributed by atoms with Crippen molar-refractivity contribution in [2.24, 2.45) is 22.2 Å². The highest BCUT2D eigenvalue weighted by Gasteiger charge is 2.59. The zero-order valence-electron chi connectivity index (χ0n) is 20.4. The number of ether oxygens (including phenoxy) is 1. The molecular weight excluding hydrogens is 453 g/mol. The molecule has 1 N–H and O–H groups in total. The third kappa shape index (κ3) is 3.67. The average Bonchev–Trinajstić information content (AvgIpc) is 3.07. The summed E-state index contributed by atoms with van der Waals surface area (Å²) in [5.74, 6) is 2.06. The Morgan fingerprint density at radius 2 is 1.88 bits per heavy atom. The molecule has 7 rings (SSSR count). The highest BCUT2D eigenvalue weighted by molar-refractivity contribution is 7.91. The van der Waals surface area contributed by atoms with Crippen LogP contribution in [0.25, 0.3) is 0 Å². The van der Waals surface area contributed by atoms with Crippen LogP contribution in [0.3, 0.4) is 0 Å². The number of likely N-dealkylation sites (tertiary alicyclic amines) is 1. The van der Waals surface area contributed by atoms with Gasteiger partial charge in [0, 0.05) is 24.5 Å². The fourth-order valence-corrected chi connectivity index (χ4v) is 9.30. The fraction of sp³-hybridized carbons (Fsp3) is 0.731. The first-order valence-electron chi connectivity index (χ1n) is 12.9. The van der Waals surface area contributed by atoms with Gasteiger partial charge in [0.15, 0.2) is 0 Å². The standard InChI is InChI=1S/C26H36FN3O3S/c1-4-30-14-20(15-30)18-5-6-19(22(27)10-18)11-23-25(2,3)33-24(29-34(23,31)32)28-26-12-16-7-17(13-26)9-21(26)8-16/h5-6,10,16-17,20-21,23H,4,7-9,11-15H2,1-3H3,(H,28,29)/t16-,17+,21+,23-,26-/m1/s1. The van der Waals surface area contributed by atoms with E-state index in [-0.39, 0.29) is 23.8 Å². The Morgan fingerprint density at radius 1 is 1.18 bits per heavy atom. The molecule has 0 spiro atoms. The van der Waals surface area contributed by atoms with Crippen molar-refractivity contribution in [1.29, 1.82) is 0 Å². The number of nitrogens with one attached hydrogen (secondary N) is 1. The lowest BCUT2D eigenvalue weighted by Crippen LogP contribution is -2.57. The number of halogens is 1. The summed E-state index contributed by atoms with van der Waals surface area (Å²) in [6, 6.07) is 5.41. The van der Waals surface area contributed by atoms with Gasteiger partial charge in [-0.3, -0.25) is 0 Å². The van der Waals surface area contributed by atoms with Crippen molar-refractivity contribution in [3.63, 3.8) is 0 Å². The maximum Gasteiger partial charge on any atom is 0.301 e. The van der Waals surface area contributed by atoms with Crippen molar-refractivity contribution in [3.05, 3.63) is 35.1 Å². The summed E-state index contributed by atoms with van der Waals surface area (Å²) in [6.45, 7) is 8.58. The maximum absolute atomic E-state index is 15.0. The van der Waals surface area contributed by atoms with Gasteiger partial charge in [-0.15, -0.1) is 4.40 Å². The number of benzene rings is 1. The highest BCUT2D eigenvalue weighted by atomic mass is 32.2. The van der Waals surface area contributed by atoms with E-state index in [0.29, 0.717) is 17.4 Å². The molecule has 0 radical (unpaired) electrons. The molecule has 4 saturated carbocycles. The summed E-state index contributed by atoms with van der Waals surface area (Å²) in [5.41, 5.74) is 0.299. The van der Waals surface area contributed by atoms with Crippen molar-refractivity contribution >= 4 is 16.0 Å². The molecule has 8 heteroatoms. The predicted octanol–water partition coefficient (Wildman–Crippen LogP) is 3.82. The van der Waals surface area contributed by atoms with Crippen LogP contribution >= 0.6 is 0 Å². The topological polar surface area (TPSA) is 71.0 Å². The Morgan fingerprint density at radius 3 is 2.50 bits per heavy atom. The van der Waals surface area contributed by atoms with Gasteiger partial charge < -0.3 is 15.0 Å². The summed E-state index contributed by atoms with van der Waals surface area (Å²) in [6.07, 6.45) is 5.96. The molecule has 5 fully saturated rings. The van der Waals surface area contributed by atoms with Crippen molar-refractivity contribution in [2.45, 2.75) is 81.6 Å². The van der Waals surface area contributed by atoms with E-state index in [4.69, 9.17) is 4.74 Å². The van der Waals surface area contributed by atoms with E-state index in [9.17, 15) is 8.42 Å².